The number of fused-ring (bicyclic) bond motifs is 2. The van der Waals surface area contributed by atoms with E-state index in [-0.39, 0.29) is 11.5 Å². The Bertz CT molecular complexity index is 2110. The van der Waals surface area contributed by atoms with Crippen LogP contribution in [-0.2, 0) is 14.6 Å². The summed E-state index contributed by atoms with van der Waals surface area (Å²) in [6.45, 7) is 1.77. The van der Waals surface area contributed by atoms with Crippen LogP contribution in [0.4, 0.5) is 10.1 Å². The molecule has 11 nitrogen and oxygen atoms in total. The van der Waals surface area contributed by atoms with Crippen molar-refractivity contribution in [3.05, 3.63) is 78.4 Å². The molecule has 4 aromatic heterocycles. The van der Waals surface area contributed by atoms with Crippen molar-refractivity contribution in [1.29, 1.82) is 0 Å². The van der Waals surface area contributed by atoms with Crippen molar-refractivity contribution >= 4 is 43.5 Å². The summed E-state index contributed by atoms with van der Waals surface area (Å²) in [6, 6.07) is 14.8. The second-order valence-corrected chi connectivity index (χ2v) is 12.0. The predicted molar refractivity (Wildman–Crippen MR) is 158 cm³/mol. The maximum atomic E-state index is 14.6. The molecule has 212 valence electrons. The summed E-state index contributed by atoms with van der Waals surface area (Å²) in [7, 11) is -3.65. The molecule has 0 saturated heterocycles. The zero-order chi connectivity index (χ0) is 29.6. The molecule has 0 saturated carbocycles. The van der Waals surface area contributed by atoms with Crippen molar-refractivity contribution in [2.24, 2.45) is 5.73 Å². The van der Waals surface area contributed by atoms with Crippen molar-refractivity contribution in [2.75, 3.05) is 11.6 Å². The van der Waals surface area contributed by atoms with Gasteiger partial charge in [-0.3, -0.25) is 14.9 Å². The molecule has 2 aromatic carbocycles. The molecule has 0 aliphatic carbocycles. The number of para-hydroxylation sites is 1. The Morgan fingerprint density at radius 2 is 1.86 bits per heavy atom. The summed E-state index contributed by atoms with van der Waals surface area (Å²) >= 11 is 0. The lowest BCUT2D eigenvalue weighted by Crippen LogP contribution is -2.20. The Kier molecular flexibility index (Phi) is 6.75. The van der Waals surface area contributed by atoms with Crippen molar-refractivity contribution in [1.82, 2.24) is 30.1 Å². The first-order valence-corrected chi connectivity index (χ1v) is 14.9. The minimum atomic E-state index is -3.65. The Balaban J connectivity index is 1.42. The fourth-order valence-corrected chi connectivity index (χ4v) is 5.31. The zero-order valence-electron chi connectivity index (χ0n) is 22.5. The number of aromatic amines is 2. The first-order valence-electron chi connectivity index (χ1n) is 13.0. The standard InChI is InChI=1S/C29H25FN8O3S/c1-3-24(39)33-19-12-17(13-32-14-19)21-7-8-23-26(34-21)27(38-37-23)29-35-22-6-4-5-20(25(22)36-29)15-9-16(11-18(30)10-15)28(31)42(2,40)41/h4-14,28H,3,31H2,1-2H3,(H,33,39)(H,35,36)(H,37,38). The van der Waals surface area contributed by atoms with Gasteiger partial charge in [-0.1, -0.05) is 19.1 Å². The molecule has 0 aliphatic rings. The van der Waals surface area contributed by atoms with Gasteiger partial charge in [-0.15, -0.1) is 0 Å². The van der Waals surface area contributed by atoms with Crippen molar-refractivity contribution in [2.45, 2.75) is 18.7 Å². The number of rotatable bonds is 7. The van der Waals surface area contributed by atoms with E-state index in [1.54, 1.807) is 43.6 Å². The second kappa shape index (κ2) is 10.4. The average molecular weight is 585 g/mol. The largest absolute Gasteiger partial charge is 0.336 e. The normalized spacial score (nSPS) is 12.6. The molecule has 13 heteroatoms. The van der Waals surface area contributed by atoms with Gasteiger partial charge in [-0.25, -0.2) is 22.8 Å². The summed E-state index contributed by atoms with van der Waals surface area (Å²) in [5.74, 6) is -0.302. The molecule has 0 aliphatic heterocycles. The number of pyridine rings is 2. The number of sulfone groups is 1. The minimum absolute atomic E-state index is 0.119. The van der Waals surface area contributed by atoms with Crippen LogP contribution in [0.15, 0.2) is 67.0 Å². The van der Waals surface area contributed by atoms with Crippen LogP contribution in [0, 0.1) is 5.82 Å². The van der Waals surface area contributed by atoms with Gasteiger partial charge in [0.05, 0.1) is 34.1 Å². The number of hydrogen-bond donors (Lipinski definition) is 4. The van der Waals surface area contributed by atoms with Gasteiger partial charge in [0.25, 0.3) is 0 Å². The number of carbonyl (C=O) groups is 1. The highest BCUT2D eigenvalue weighted by Crippen LogP contribution is 2.33. The molecule has 6 rings (SSSR count). The molecule has 5 N–H and O–H groups in total. The van der Waals surface area contributed by atoms with Gasteiger partial charge in [-0.2, -0.15) is 5.10 Å². The van der Waals surface area contributed by atoms with E-state index < -0.39 is 21.0 Å². The second-order valence-electron chi connectivity index (χ2n) is 9.84. The number of nitrogens with two attached hydrogens (primary N) is 1. The van der Waals surface area contributed by atoms with Gasteiger partial charge >= 0.3 is 0 Å². The van der Waals surface area contributed by atoms with E-state index in [9.17, 15) is 17.6 Å². The third-order valence-corrected chi connectivity index (χ3v) is 8.00. The Morgan fingerprint density at radius 3 is 2.64 bits per heavy atom. The number of aromatic nitrogens is 6. The highest BCUT2D eigenvalue weighted by molar-refractivity contribution is 7.90. The molecule has 0 fully saturated rings. The van der Waals surface area contributed by atoms with Gasteiger partial charge in [0, 0.05) is 30.0 Å². The third-order valence-electron chi connectivity index (χ3n) is 6.80. The van der Waals surface area contributed by atoms with E-state index in [0.29, 0.717) is 68.1 Å². The summed E-state index contributed by atoms with van der Waals surface area (Å²) in [5.41, 5.74) is 11.9. The number of halogens is 1. The number of anilines is 1. The summed E-state index contributed by atoms with van der Waals surface area (Å²) < 4.78 is 38.7. The third kappa shape index (κ3) is 5.10. The lowest BCUT2D eigenvalue weighted by molar-refractivity contribution is -0.115. The highest BCUT2D eigenvalue weighted by atomic mass is 32.2. The van der Waals surface area contributed by atoms with Crippen LogP contribution in [-0.4, -0.2) is 50.7 Å². The summed E-state index contributed by atoms with van der Waals surface area (Å²) in [4.78, 5) is 28.9. The smallest absolute Gasteiger partial charge is 0.224 e. The lowest BCUT2D eigenvalue weighted by Gasteiger charge is -2.12. The van der Waals surface area contributed by atoms with E-state index in [2.05, 4.69) is 25.5 Å². The number of nitrogens with zero attached hydrogens (tertiary/aromatic N) is 4. The van der Waals surface area contributed by atoms with E-state index in [1.165, 1.54) is 6.07 Å². The molecular weight excluding hydrogens is 559 g/mol. The minimum Gasteiger partial charge on any atom is -0.336 e. The maximum Gasteiger partial charge on any atom is 0.224 e. The summed E-state index contributed by atoms with van der Waals surface area (Å²) in [6.07, 6.45) is 4.59. The molecule has 6 aromatic rings. The zero-order valence-corrected chi connectivity index (χ0v) is 23.3. The van der Waals surface area contributed by atoms with E-state index in [1.807, 2.05) is 18.2 Å². The molecule has 0 bridgehead atoms. The van der Waals surface area contributed by atoms with E-state index in [4.69, 9.17) is 15.7 Å². The molecule has 0 radical (unpaired) electrons. The Morgan fingerprint density at radius 1 is 1.02 bits per heavy atom. The Hall–Kier alpha value is -5.01. The fraction of sp³-hybridized carbons (Fsp3) is 0.138. The molecule has 1 unspecified atom stereocenters. The molecule has 1 atom stereocenters. The van der Waals surface area contributed by atoms with Crippen molar-refractivity contribution in [3.8, 4) is 33.9 Å². The number of imidazole rings is 1. The van der Waals surface area contributed by atoms with Gasteiger partial charge in [0.15, 0.2) is 21.4 Å². The van der Waals surface area contributed by atoms with Crippen molar-refractivity contribution < 1.29 is 17.6 Å². The van der Waals surface area contributed by atoms with Crippen molar-refractivity contribution in [3.63, 3.8) is 0 Å². The number of benzene rings is 2. The molecule has 4 heterocycles. The maximum absolute atomic E-state index is 14.6. The van der Waals surface area contributed by atoms with Crippen LogP contribution in [0.2, 0.25) is 0 Å². The molecule has 1 amide bonds. The topological polar surface area (TPSA) is 172 Å². The predicted octanol–water partition coefficient (Wildman–Crippen LogP) is 4.72. The lowest BCUT2D eigenvalue weighted by atomic mass is 10.0. The van der Waals surface area contributed by atoms with Gasteiger partial charge in [0.1, 0.15) is 16.7 Å². The molecular formula is C29H25FN8O3S. The number of H-pyrrole nitrogens is 2. The number of carbonyl (C=O) groups excluding carboxylic acids is 1. The van der Waals surface area contributed by atoms with E-state index in [0.717, 1.165) is 12.3 Å². The highest BCUT2D eigenvalue weighted by Gasteiger charge is 2.21. The monoisotopic (exact) mass is 584 g/mol. The van der Waals surface area contributed by atoms with Crippen LogP contribution in [0.5, 0.6) is 0 Å². The Labute approximate surface area is 239 Å². The van der Waals surface area contributed by atoms with Crippen LogP contribution in [0.25, 0.3) is 56.0 Å². The van der Waals surface area contributed by atoms with Crippen LogP contribution in [0.1, 0.15) is 24.3 Å². The SMILES string of the molecule is CCC(=O)Nc1cncc(-c2ccc3[nH]nc(-c4nc5c(-c6cc(F)cc(C(N)S(C)(=O)=O)c6)cccc5[nH]4)c3n2)c1. The van der Waals surface area contributed by atoms with Gasteiger partial charge < -0.3 is 16.0 Å². The van der Waals surface area contributed by atoms with Crippen LogP contribution >= 0.6 is 0 Å². The average Bonchev–Trinajstić information content (AvgIpc) is 3.59. The quantitative estimate of drug-likeness (QED) is 0.209. The fourth-order valence-electron chi connectivity index (χ4n) is 4.68. The van der Waals surface area contributed by atoms with Crippen LogP contribution < -0.4 is 11.1 Å². The molecule has 0 spiro atoms. The molecule has 42 heavy (non-hydrogen) atoms. The first kappa shape index (κ1) is 27.2. The number of nitrogens with one attached hydrogen (secondary N) is 3. The van der Waals surface area contributed by atoms with Crippen LogP contribution in [0.3, 0.4) is 0 Å². The number of amides is 1. The van der Waals surface area contributed by atoms with Gasteiger partial charge in [-0.05, 0) is 53.6 Å². The van der Waals surface area contributed by atoms with E-state index >= 15 is 0 Å². The van der Waals surface area contributed by atoms with Gasteiger partial charge in [0.2, 0.25) is 5.91 Å². The number of hydrogen-bond acceptors (Lipinski definition) is 8. The first-order chi connectivity index (χ1) is 20.1. The summed E-state index contributed by atoms with van der Waals surface area (Å²) in [5, 5.41) is 8.86.